The highest BCUT2D eigenvalue weighted by Gasteiger charge is 2.28. The minimum atomic E-state index is -0.708. The Kier molecular flexibility index (Phi) is 8.37. The highest BCUT2D eigenvalue weighted by atomic mass is 35.5. The van der Waals surface area contributed by atoms with E-state index in [0.29, 0.717) is 18.8 Å². The molecule has 0 saturated heterocycles. The maximum Gasteiger partial charge on any atom is 0.294 e. The van der Waals surface area contributed by atoms with Gasteiger partial charge in [0.05, 0.1) is 4.92 Å². The lowest BCUT2D eigenvalue weighted by Crippen LogP contribution is -2.32. The standard InChI is InChI=1S/C18H20N4O4.ClH/c1-21(2)12-11-19-17(23)14-9-6-10-15(16(14)22(25)26)18(24)20-13-7-4-3-5-8-13;/h3-10H,11-12H2,1-2H3,(H,19,23)(H,20,24);1H. The van der Waals surface area contributed by atoms with Gasteiger partial charge in [-0.25, -0.2) is 0 Å². The Morgan fingerprint density at radius 1 is 1.00 bits per heavy atom. The zero-order chi connectivity index (χ0) is 19.1. The third-order valence-corrected chi connectivity index (χ3v) is 3.58. The molecule has 0 aliphatic heterocycles. The smallest absolute Gasteiger partial charge is 0.294 e. The van der Waals surface area contributed by atoms with Gasteiger partial charge in [-0.1, -0.05) is 24.3 Å². The average molecular weight is 393 g/mol. The first-order valence-electron chi connectivity index (χ1n) is 7.97. The Labute approximate surface area is 163 Å². The molecule has 0 aliphatic carbocycles. The molecule has 0 aromatic heterocycles. The van der Waals surface area contributed by atoms with Crippen LogP contribution in [0.2, 0.25) is 0 Å². The molecule has 27 heavy (non-hydrogen) atoms. The van der Waals surface area contributed by atoms with E-state index < -0.39 is 22.4 Å². The van der Waals surface area contributed by atoms with Gasteiger partial charge in [0.2, 0.25) is 0 Å². The number of halogens is 1. The molecule has 0 spiro atoms. The minimum Gasteiger partial charge on any atom is -0.351 e. The van der Waals surface area contributed by atoms with Crippen LogP contribution < -0.4 is 10.6 Å². The van der Waals surface area contributed by atoms with E-state index in [1.807, 2.05) is 19.0 Å². The van der Waals surface area contributed by atoms with Crippen molar-refractivity contribution in [1.29, 1.82) is 0 Å². The molecule has 0 atom stereocenters. The molecular weight excluding hydrogens is 372 g/mol. The molecule has 0 unspecified atom stereocenters. The van der Waals surface area contributed by atoms with E-state index in [1.165, 1.54) is 18.2 Å². The lowest BCUT2D eigenvalue weighted by molar-refractivity contribution is -0.385. The number of para-hydroxylation sites is 2. The van der Waals surface area contributed by atoms with Gasteiger partial charge in [0.15, 0.2) is 0 Å². The van der Waals surface area contributed by atoms with E-state index in [0.717, 1.165) is 0 Å². The average Bonchev–Trinajstić information content (AvgIpc) is 2.61. The topological polar surface area (TPSA) is 105 Å². The van der Waals surface area contributed by atoms with Gasteiger partial charge in [-0.2, -0.15) is 0 Å². The quantitative estimate of drug-likeness (QED) is 0.556. The summed E-state index contributed by atoms with van der Waals surface area (Å²) in [4.78, 5) is 37.5. The van der Waals surface area contributed by atoms with Crippen molar-refractivity contribution in [3.05, 3.63) is 69.8 Å². The zero-order valence-corrected chi connectivity index (χ0v) is 15.8. The number of nitro benzene ring substituents is 1. The van der Waals surface area contributed by atoms with Gasteiger partial charge in [0, 0.05) is 18.8 Å². The lowest BCUT2D eigenvalue weighted by Gasteiger charge is -2.11. The van der Waals surface area contributed by atoms with Crippen LogP contribution in [0.15, 0.2) is 48.5 Å². The molecule has 0 bridgehead atoms. The Morgan fingerprint density at radius 3 is 2.15 bits per heavy atom. The molecule has 2 rings (SSSR count). The summed E-state index contributed by atoms with van der Waals surface area (Å²) in [7, 11) is 3.70. The second kappa shape index (κ2) is 10.2. The Morgan fingerprint density at radius 2 is 1.59 bits per heavy atom. The van der Waals surface area contributed by atoms with Crippen LogP contribution in [-0.2, 0) is 0 Å². The number of hydrogen-bond acceptors (Lipinski definition) is 5. The fourth-order valence-electron chi connectivity index (χ4n) is 2.31. The van der Waals surface area contributed by atoms with Gasteiger partial charge in [0.25, 0.3) is 17.5 Å². The van der Waals surface area contributed by atoms with Crippen LogP contribution in [-0.4, -0.2) is 48.8 Å². The number of nitro groups is 1. The van der Waals surface area contributed by atoms with Gasteiger partial charge in [0.1, 0.15) is 11.1 Å². The summed E-state index contributed by atoms with van der Waals surface area (Å²) in [5, 5.41) is 16.7. The summed E-state index contributed by atoms with van der Waals surface area (Å²) >= 11 is 0. The van der Waals surface area contributed by atoms with Crippen LogP contribution in [0.3, 0.4) is 0 Å². The molecule has 0 heterocycles. The fourth-order valence-corrected chi connectivity index (χ4v) is 2.31. The van der Waals surface area contributed by atoms with Crippen LogP contribution in [0.4, 0.5) is 11.4 Å². The van der Waals surface area contributed by atoms with Gasteiger partial charge < -0.3 is 15.5 Å². The van der Waals surface area contributed by atoms with Gasteiger partial charge in [-0.15, -0.1) is 12.4 Å². The molecule has 0 aliphatic rings. The fraction of sp³-hybridized carbons (Fsp3) is 0.222. The summed E-state index contributed by atoms with van der Waals surface area (Å²) in [5.41, 5.74) is -0.315. The van der Waals surface area contributed by atoms with Crippen LogP contribution in [0.1, 0.15) is 20.7 Å². The molecular formula is C18H21ClN4O4. The van der Waals surface area contributed by atoms with Gasteiger partial charge in [-0.3, -0.25) is 19.7 Å². The molecule has 9 heteroatoms. The SMILES string of the molecule is CN(C)CCNC(=O)c1cccc(C(=O)Nc2ccccc2)c1[N+](=O)[O-].Cl. The maximum atomic E-state index is 12.5. The van der Waals surface area contributed by atoms with E-state index in [4.69, 9.17) is 0 Å². The van der Waals surface area contributed by atoms with E-state index in [2.05, 4.69) is 10.6 Å². The Bertz CT molecular complexity index is 812. The van der Waals surface area contributed by atoms with Gasteiger partial charge in [-0.05, 0) is 38.4 Å². The molecule has 0 fully saturated rings. The third-order valence-electron chi connectivity index (χ3n) is 3.58. The van der Waals surface area contributed by atoms with Crippen LogP contribution in [0, 0.1) is 10.1 Å². The van der Waals surface area contributed by atoms with Crippen LogP contribution >= 0.6 is 12.4 Å². The zero-order valence-electron chi connectivity index (χ0n) is 15.0. The number of anilines is 1. The number of nitrogens with zero attached hydrogens (tertiary/aromatic N) is 2. The third kappa shape index (κ3) is 6.05. The van der Waals surface area contributed by atoms with Crippen molar-refractivity contribution in [3.8, 4) is 0 Å². The molecule has 2 amide bonds. The van der Waals surface area contributed by atoms with E-state index in [9.17, 15) is 19.7 Å². The lowest BCUT2D eigenvalue weighted by atomic mass is 10.1. The largest absolute Gasteiger partial charge is 0.351 e. The number of amides is 2. The van der Waals surface area contributed by atoms with Crippen molar-refractivity contribution in [1.82, 2.24) is 10.2 Å². The molecule has 0 saturated carbocycles. The predicted molar refractivity (Wildman–Crippen MR) is 106 cm³/mol. The van der Waals surface area contributed by atoms with Crippen molar-refractivity contribution >= 4 is 35.6 Å². The van der Waals surface area contributed by atoms with Crippen molar-refractivity contribution < 1.29 is 14.5 Å². The molecule has 0 radical (unpaired) electrons. The van der Waals surface area contributed by atoms with E-state index in [1.54, 1.807) is 30.3 Å². The number of carbonyl (C=O) groups is 2. The number of carbonyl (C=O) groups excluding carboxylic acids is 2. The minimum absolute atomic E-state index is 0. The number of rotatable bonds is 7. The first-order chi connectivity index (χ1) is 12.4. The van der Waals surface area contributed by atoms with Crippen molar-refractivity contribution in [2.45, 2.75) is 0 Å². The summed E-state index contributed by atoms with van der Waals surface area (Å²) in [6.45, 7) is 0.928. The molecule has 2 aromatic rings. The number of hydrogen-bond donors (Lipinski definition) is 2. The monoisotopic (exact) mass is 392 g/mol. The summed E-state index contributed by atoms with van der Waals surface area (Å²) in [6.07, 6.45) is 0. The highest BCUT2D eigenvalue weighted by Crippen LogP contribution is 2.25. The molecule has 2 aromatic carbocycles. The van der Waals surface area contributed by atoms with Crippen molar-refractivity contribution in [2.24, 2.45) is 0 Å². The number of likely N-dealkylation sites (N-methyl/N-ethyl adjacent to an activating group) is 1. The second-order valence-corrected chi connectivity index (χ2v) is 5.84. The highest BCUT2D eigenvalue weighted by molar-refractivity contribution is 6.10. The number of nitrogens with one attached hydrogen (secondary N) is 2. The first-order valence-corrected chi connectivity index (χ1v) is 7.97. The van der Waals surface area contributed by atoms with Crippen molar-refractivity contribution in [3.63, 3.8) is 0 Å². The summed E-state index contributed by atoms with van der Waals surface area (Å²) in [6, 6.07) is 12.7. The molecule has 8 nitrogen and oxygen atoms in total. The predicted octanol–water partition coefficient (Wildman–Crippen LogP) is 2.56. The van der Waals surface area contributed by atoms with E-state index >= 15 is 0 Å². The van der Waals surface area contributed by atoms with Crippen molar-refractivity contribution in [2.75, 3.05) is 32.5 Å². The maximum absolute atomic E-state index is 12.5. The first kappa shape index (κ1) is 22.1. The second-order valence-electron chi connectivity index (χ2n) is 5.84. The van der Waals surface area contributed by atoms with E-state index in [-0.39, 0.29) is 23.5 Å². The Hall–Kier alpha value is -2.97. The molecule has 2 N–H and O–H groups in total. The molecule has 144 valence electrons. The van der Waals surface area contributed by atoms with Crippen LogP contribution in [0.5, 0.6) is 0 Å². The van der Waals surface area contributed by atoms with Gasteiger partial charge >= 0.3 is 0 Å². The summed E-state index contributed by atoms with van der Waals surface area (Å²) < 4.78 is 0. The number of benzene rings is 2. The Balaban J connectivity index is 0.00000364. The summed E-state index contributed by atoms with van der Waals surface area (Å²) in [5.74, 6) is -1.24. The van der Waals surface area contributed by atoms with Crippen LogP contribution in [0.25, 0.3) is 0 Å². The normalized spacial score (nSPS) is 10.0.